The molecule has 0 spiro atoms. The summed E-state index contributed by atoms with van der Waals surface area (Å²) < 4.78 is 0. The van der Waals surface area contributed by atoms with Gasteiger partial charge < -0.3 is 0 Å². The van der Waals surface area contributed by atoms with Crippen molar-refractivity contribution in [1.29, 1.82) is 0 Å². The number of hydrogen-bond acceptors (Lipinski definition) is 1. The van der Waals surface area contributed by atoms with E-state index in [4.69, 9.17) is 0 Å². The SMILES string of the molecule is CCC(=O)C1C(c2ccccc2)C1C(C)C. The molecule has 1 aliphatic carbocycles. The van der Waals surface area contributed by atoms with E-state index in [1.807, 2.05) is 13.0 Å². The van der Waals surface area contributed by atoms with Crippen molar-refractivity contribution in [3.63, 3.8) is 0 Å². The lowest BCUT2D eigenvalue weighted by molar-refractivity contribution is -0.120. The highest BCUT2D eigenvalue weighted by molar-refractivity contribution is 5.85. The zero-order chi connectivity index (χ0) is 11.7. The Bertz CT molecular complexity index is 366. The number of carbonyl (C=O) groups is 1. The molecular weight excluding hydrogens is 196 g/mol. The van der Waals surface area contributed by atoms with Gasteiger partial charge in [-0.15, -0.1) is 0 Å². The monoisotopic (exact) mass is 216 g/mol. The van der Waals surface area contributed by atoms with E-state index >= 15 is 0 Å². The molecule has 16 heavy (non-hydrogen) atoms. The summed E-state index contributed by atoms with van der Waals surface area (Å²) >= 11 is 0. The summed E-state index contributed by atoms with van der Waals surface area (Å²) in [4.78, 5) is 11.9. The van der Waals surface area contributed by atoms with Crippen molar-refractivity contribution in [2.75, 3.05) is 0 Å². The lowest BCUT2D eigenvalue weighted by Gasteiger charge is -2.02. The highest BCUT2D eigenvalue weighted by Gasteiger charge is 2.55. The maximum Gasteiger partial charge on any atom is 0.136 e. The van der Waals surface area contributed by atoms with Gasteiger partial charge >= 0.3 is 0 Å². The molecule has 0 amide bonds. The van der Waals surface area contributed by atoms with Crippen molar-refractivity contribution >= 4 is 5.78 Å². The van der Waals surface area contributed by atoms with E-state index in [1.54, 1.807) is 0 Å². The predicted octanol–water partition coefficient (Wildman–Crippen LogP) is 3.65. The molecule has 0 bridgehead atoms. The van der Waals surface area contributed by atoms with E-state index < -0.39 is 0 Å². The standard InChI is InChI=1S/C15H20O/c1-4-12(16)15-13(10(2)3)14(15)11-8-6-5-7-9-11/h5-10,13-15H,4H2,1-3H3. The highest BCUT2D eigenvalue weighted by atomic mass is 16.1. The Morgan fingerprint density at radius 3 is 2.38 bits per heavy atom. The Kier molecular flexibility index (Phi) is 3.13. The van der Waals surface area contributed by atoms with Gasteiger partial charge in [0.05, 0.1) is 0 Å². The molecule has 86 valence electrons. The van der Waals surface area contributed by atoms with Crippen LogP contribution in [0.25, 0.3) is 0 Å². The van der Waals surface area contributed by atoms with Crippen molar-refractivity contribution < 1.29 is 4.79 Å². The largest absolute Gasteiger partial charge is 0.299 e. The molecule has 1 aromatic carbocycles. The minimum atomic E-state index is 0.285. The molecule has 3 unspecified atom stereocenters. The van der Waals surface area contributed by atoms with Crippen LogP contribution in [0, 0.1) is 17.8 Å². The maximum atomic E-state index is 11.9. The molecule has 0 aliphatic heterocycles. The Morgan fingerprint density at radius 2 is 1.88 bits per heavy atom. The lowest BCUT2D eigenvalue weighted by atomic mass is 10.0. The zero-order valence-electron chi connectivity index (χ0n) is 10.3. The van der Waals surface area contributed by atoms with E-state index in [2.05, 4.69) is 38.1 Å². The third-order valence-electron chi connectivity index (χ3n) is 3.75. The Balaban J connectivity index is 2.19. The van der Waals surface area contributed by atoms with Gasteiger partial charge in [-0.1, -0.05) is 51.1 Å². The van der Waals surface area contributed by atoms with Gasteiger partial charge in [-0.25, -0.2) is 0 Å². The third kappa shape index (κ3) is 1.91. The van der Waals surface area contributed by atoms with Crippen molar-refractivity contribution in [1.82, 2.24) is 0 Å². The first-order valence-corrected chi connectivity index (χ1v) is 6.24. The van der Waals surface area contributed by atoms with Crippen LogP contribution in [0.15, 0.2) is 30.3 Å². The average molecular weight is 216 g/mol. The summed E-state index contributed by atoms with van der Waals surface area (Å²) in [6, 6.07) is 10.5. The van der Waals surface area contributed by atoms with Crippen LogP contribution in [0.5, 0.6) is 0 Å². The third-order valence-corrected chi connectivity index (χ3v) is 3.75. The normalized spacial score (nSPS) is 28.1. The lowest BCUT2D eigenvalue weighted by Crippen LogP contribution is -2.03. The summed E-state index contributed by atoms with van der Waals surface area (Å²) in [6.45, 7) is 6.42. The summed E-state index contributed by atoms with van der Waals surface area (Å²) in [5, 5.41) is 0. The number of rotatable bonds is 4. The fourth-order valence-electron chi connectivity index (χ4n) is 2.92. The second-order valence-electron chi connectivity index (χ2n) is 5.10. The molecule has 2 rings (SSSR count). The van der Waals surface area contributed by atoms with Gasteiger partial charge in [0.25, 0.3) is 0 Å². The van der Waals surface area contributed by atoms with Crippen molar-refractivity contribution in [3.05, 3.63) is 35.9 Å². The molecule has 3 atom stereocenters. The van der Waals surface area contributed by atoms with Crippen molar-refractivity contribution in [2.24, 2.45) is 17.8 Å². The van der Waals surface area contributed by atoms with E-state index in [-0.39, 0.29) is 5.92 Å². The highest BCUT2D eigenvalue weighted by Crippen LogP contribution is 2.58. The molecular formula is C15H20O. The Morgan fingerprint density at radius 1 is 1.25 bits per heavy atom. The summed E-state index contributed by atoms with van der Waals surface area (Å²) in [5.74, 6) is 2.37. The molecule has 0 radical (unpaired) electrons. The van der Waals surface area contributed by atoms with Crippen LogP contribution in [0.2, 0.25) is 0 Å². The van der Waals surface area contributed by atoms with Crippen molar-refractivity contribution in [2.45, 2.75) is 33.1 Å². The van der Waals surface area contributed by atoms with Crippen LogP contribution >= 0.6 is 0 Å². The average Bonchev–Trinajstić information content (AvgIpc) is 3.04. The van der Waals surface area contributed by atoms with E-state index in [9.17, 15) is 4.79 Å². The summed E-state index contributed by atoms with van der Waals surface area (Å²) in [5.41, 5.74) is 1.34. The molecule has 1 nitrogen and oxygen atoms in total. The van der Waals surface area contributed by atoms with Crippen LogP contribution in [-0.2, 0) is 4.79 Å². The van der Waals surface area contributed by atoms with E-state index in [0.717, 1.165) is 0 Å². The molecule has 0 saturated heterocycles. The van der Waals surface area contributed by atoms with Crippen LogP contribution in [0.1, 0.15) is 38.7 Å². The second kappa shape index (κ2) is 4.40. The molecule has 1 fully saturated rings. The van der Waals surface area contributed by atoms with Gasteiger partial charge in [0.15, 0.2) is 0 Å². The molecule has 0 heterocycles. The number of hydrogen-bond donors (Lipinski definition) is 0. The fraction of sp³-hybridized carbons (Fsp3) is 0.533. The molecule has 1 heteroatoms. The summed E-state index contributed by atoms with van der Waals surface area (Å²) in [6.07, 6.45) is 0.678. The Labute approximate surface area is 97.9 Å². The van der Waals surface area contributed by atoms with Gasteiger partial charge in [-0.3, -0.25) is 4.79 Å². The predicted molar refractivity (Wildman–Crippen MR) is 66.3 cm³/mol. The Hall–Kier alpha value is -1.11. The van der Waals surface area contributed by atoms with Gasteiger partial charge in [-0.2, -0.15) is 0 Å². The molecule has 0 aromatic heterocycles. The molecule has 1 aliphatic rings. The van der Waals surface area contributed by atoms with Gasteiger partial charge in [0, 0.05) is 12.3 Å². The maximum absolute atomic E-state index is 11.9. The van der Waals surface area contributed by atoms with Gasteiger partial charge in [-0.05, 0) is 23.3 Å². The topological polar surface area (TPSA) is 17.1 Å². The number of ketones is 1. The van der Waals surface area contributed by atoms with Crippen LogP contribution in [0.3, 0.4) is 0 Å². The minimum Gasteiger partial charge on any atom is -0.299 e. The summed E-state index contributed by atoms with van der Waals surface area (Å²) in [7, 11) is 0. The molecule has 1 saturated carbocycles. The van der Waals surface area contributed by atoms with Gasteiger partial charge in [0.1, 0.15) is 5.78 Å². The first-order valence-electron chi connectivity index (χ1n) is 6.24. The minimum absolute atomic E-state index is 0.285. The fourth-order valence-corrected chi connectivity index (χ4v) is 2.92. The number of Topliss-reactive ketones (excluding diaryl/α,β-unsaturated/α-hetero) is 1. The number of carbonyl (C=O) groups excluding carboxylic acids is 1. The first-order chi connectivity index (χ1) is 7.66. The van der Waals surface area contributed by atoms with E-state index in [0.29, 0.717) is 30.0 Å². The smallest absolute Gasteiger partial charge is 0.136 e. The second-order valence-corrected chi connectivity index (χ2v) is 5.10. The molecule has 1 aromatic rings. The zero-order valence-corrected chi connectivity index (χ0v) is 10.3. The number of benzene rings is 1. The first kappa shape index (κ1) is 11.4. The van der Waals surface area contributed by atoms with Crippen LogP contribution in [-0.4, -0.2) is 5.78 Å². The van der Waals surface area contributed by atoms with E-state index in [1.165, 1.54) is 5.56 Å². The quantitative estimate of drug-likeness (QED) is 0.750. The van der Waals surface area contributed by atoms with Crippen LogP contribution in [0.4, 0.5) is 0 Å². The van der Waals surface area contributed by atoms with Gasteiger partial charge in [0.2, 0.25) is 0 Å². The van der Waals surface area contributed by atoms with Crippen molar-refractivity contribution in [3.8, 4) is 0 Å². The van der Waals surface area contributed by atoms with Crippen LogP contribution < -0.4 is 0 Å². The molecule has 0 N–H and O–H groups in total.